The molecule has 0 aliphatic carbocycles. The summed E-state index contributed by atoms with van der Waals surface area (Å²) in [6.07, 6.45) is 0. The Balaban J connectivity index is 2.13. The number of nitrogens with one attached hydrogen (secondary N) is 1. The maximum atomic E-state index is 13.4. The number of hydrogen-bond acceptors (Lipinski definition) is 1. The van der Waals surface area contributed by atoms with E-state index in [0.29, 0.717) is 5.56 Å². The molecule has 0 saturated heterocycles. The molecule has 18 heavy (non-hydrogen) atoms. The Morgan fingerprint density at radius 2 is 1.67 bits per heavy atom. The second kappa shape index (κ2) is 5.17. The molecule has 1 N–H and O–H groups in total. The molecule has 94 valence electrons. The summed E-state index contributed by atoms with van der Waals surface area (Å²) in [5.74, 6) is -0.487. The van der Waals surface area contributed by atoms with Crippen molar-refractivity contribution in [1.82, 2.24) is 0 Å². The van der Waals surface area contributed by atoms with E-state index < -0.39 is 0 Å². The van der Waals surface area contributed by atoms with E-state index in [1.807, 2.05) is 13.0 Å². The summed E-state index contributed by atoms with van der Waals surface area (Å²) in [5, 5.41) is 3.18. The fraction of sp³-hybridized carbons (Fsp3) is 0.200. The monoisotopic (exact) mass is 247 g/mol. The van der Waals surface area contributed by atoms with Crippen LogP contribution in [-0.2, 0) is 0 Å². The average molecular weight is 247 g/mol. The van der Waals surface area contributed by atoms with Crippen molar-refractivity contribution in [2.45, 2.75) is 19.9 Å². The second-order valence-electron chi connectivity index (χ2n) is 4.38. The highest BCUT2D eigenvalue weighted by atomic mass is 19.1. The quantitative estimate of drug-likeness (QED) is 0.845. The van der Waals surface area contributed by atoms with E-state index in [9.17, 15) is 8.78 Å². The maximum absolute atomic E-state index is 13.4. The molecule has 2 rings (SSSR count). The Morgan fingerprint density at radius 1 is 1.00 bits per heavy atom. The number of hydrogen-bond donors (Lipinski definition) is 1. The van der Waals surface area contributed by atoms with Crippen molar-refractivity contribution in [2.24, 2.45) is 0 Å². The van der Waals surface area contributed by atoms with Gasteiger partial charge in [-0.3, -0.25) is 0 Å². The van der Waals surface area contributed by atoms with Crippen LogP contribution in [0.2, 0.25) is 0 Å². The van der Waals surface area contributed by atoms with E-state index >= 15 is 0 Å². The van der Waals surface area contributed by atoms with E-state index in [4.69, 9.17) is 0 Å². The van der Waals surface area contributed by atoms with Crippen molar-refractivity contribution in [3.8, 4) is 0 Å². The molecular formula is C15H15F2N. The third kappa shape index (κ3) is 2.86. The molecule has 0 bridgehead atoms. The van der Waals surface area contributed by atoms with Crippen LogP contribution in [0.3, 0.4) is 0 Å². The topological polar surface area (TPSA) is 12.0 Å². The lowest BCUT2D eigenvalue weighted by Crippen LogP contribution is -2.06. The predicted molar refractivity (Wildman–Crippen MR) is 69.6 cm³/mol. The zero-order valence-corrected chi connectivity index (χ0v) is 10.4. The third-order valence-corrected chi connectivity index (χ3v) is 2.93. The summed E-state index contributed by atoms with van der Waals surface area (Å²) in [5.41, 5.74) is 2.29. The Labute approximate surface area is 105 Å². The van der Waals surface area contributed by atoms with Gasteiger partial charge in [0.15, 0.2) is 0 Å². The zero-order valence-electron chi connectivity index (χ0n) is 10.4. The lowest BCUT2D eigenvalue weighted by Gasteiger charge is -2.16. The molecule has 1 nitrogen and oxygen atoms in total. The standard InChI is InChI=1S/C15H15F2N/c1-10-3-8-14(9-15(10)17)18-11(2)12-4-6-13(16)7-5-12/h3-9,11,18H,1-2H3. The van der Waals surface area contributed by atoms with Crippen molar-refractivity contribution >= 4 is 5.69 Å². The number of anilines is 1. The predicted octanol–water partition coefficient (Wildman–Crippen LogP) is 4.45. The molecule has 0 radical (unpaired) electrons. The Hall–Kier alpha value is -1.90. The first-order chi connectivity index (χ1) is 8.56. The molecule has 3 heteroatoms. The molecule has 0 aliphatic heterocycles. The van der Waals surface area contributed by atoms with E-state index in [-0.39, 0.29) is 17.7 Å². The minimum absolute atomic E-state index is 0.00675. The van der Waals surface area contributed by atoms with E-state index in [2.05, 4.69) is 5.32 Å². The Bertz CT molecular complexity index is 535. The third-order valence-electron chi connectivity index (χ3n) is 2.93. The molecule has 0 aromatic heterocycles. The van der Waals surface area contributed by atoms with Crippen LogP contribution in [0.5, 0.6) is 0 Å². The summed E-state index contributed by atoms with van der Waals surface area (Å²) in [4.78, 5) is 0. The molecule has 2 aromatic rings. The molecule has 0 saturated carbocycles. The van der Waals surface area contributed by atoms with Gasteiger partial charge < -0.3 is 5.32 Å². The fourth-order valence-electron chi connectivity index (χ4n) is 1.77. The van der Waals surface area contributed by atoms with Crippen molar-refractivity contribution in [2.75, 3.05) is 5.32 Å². The fourth-order valence-corrected chi connectivity index (χ4v) is 1.77. The van der Waals surface area contributed by atoms with Gasteiger partial charge in [0.25, 0.3) is 0 Å². The van der Waals surface area contributed by atoms with Gasteiger partial charge in [0, 0.05) is 11.7 Å². The second-order valence-corrected chi connectivity index (χ2v) is 4.38. The highest BCUT2D eigenvalue weighted by Crippen LogP contribution is 2.21. The number of benzene rings is 2. The van der Waals surface area contributed by atoms with Crippen LogP contribution < -0.4 is 5.32 Å². The van der Waals surface area contributed by atoms with E-state index in [0.717, 1.165) is 11.3 Å². The first-order valence-corrected chi connectivity index (χ1v) is 5.84. The van der Waals surface area contributed by atoms with Crippen LogP contribution in [-0.4, -0.2) is 0 Å². The van der Waals surface area contributed by atoms with Crippen LogP contribution in [0.15, 0.2) is 42.5 Å². The van der Waals surface area contributed by atoms with Crippen LogP contribution >= 0.6 is 0 Å². The lowest BCUT2D eigenvalue weighted by atomic mass is 10.1. The molecule has 1 unspecified atom stereocenters. The van der Waals surface area contributed by atoms with Crippen LogP contribution in [0.25, 0.3) is 0 Å². The van der Waals surface area contributed by atoms with E-state index in [1.165, 1.54) is 18.2 Å². The first kappa shape index (κ1) is 12.6. The van der Waals surface area contributed by atoms with Crippen molar-refractivity contribution < 1.29 is 8.78 Å². The summed E-state index contributed by atoms with van der Waals surface area (Å²) in [6, 6.07) is 11.3. The van der Waals surface area contributed by atoms with Crippen LogP contribution in [0.4, 0.5) is 14.5 Å². The lowest BCUT2D eigenvalue weighted by molar-refractivity contribution is 0.618. The van der Waals surface area contributed by atoms with Gasteiger partial charge in [0.05, 0.1) is 0 Å². The molecule has 0 amide bonds. The largest absolute Gasteiger partial charge is 0.378 e. The van der Waals surface area contributed by atoms with Gasteiger partial charge >= 0.3 is 0 Å². The van der Waals surface area contributed by atoms with Crippen LogP contribution in [0, 0.1) is 18.6 Å². The summed E-state index contributed by atoms with van der Waals surface area (Å²) >= 11 is 0. The van der Waals surface area contributed by atoms with Crippen molar-refractivity contribution in [3.05, 3.63) is 65.2 Å². The van der Waals surface area contributed by atoms with Gasteiger partial charge in [-0.2, -0.15) is 0 Å². The number of aryl methyl sites for hydroxylation is 1. The smallest absolute Gasteiger partial charge is 0.128 e. The summed E-state index contributed by atoms with van der Waals surface area (Å²) < 4.78 is 26.2. The van der Waals surface area contributed by atoms with Gasteiger partial charge in [-0.15, -0.1) is 0 Å². The van der Waals surface area contributed by atoms with E-state index in [1.54, 1.807) is 25.1 Å². The van der Waals surface area contributed by atoms with Crippen molar-refractivity contribution in [1.29, 1.82) is 0 Å². The SMILES string of the molecule is Cc1ccc(NC(C)c2ccc(F)cc2)cc1F. The van der Waals surface area contributed by atoms with Gasteiger partial charge in [0.2, 0.25) is 0 Å². The molecule has 0 fully saturated rings. The van der Waals surface area contributed by atoms with Gasteiger partial charge in [-0.05, 0) is 49.2 Å². The minimum Gasteiger partial charge on any atom is -0.378 e. The highest BCUT2D eigenvalue weighted by Gasteiger charge is 2.06. The average Bonchev–Trinajstić information content (AvgIpc) is 2.34. The molecule has 0 heterocycles. The van der Waals surface area contributed by atoms with Gasteiger partial charge in [-0.25, -0.2) is 8.78 Å². The summed E-state index contributed by atoms with van der Waals surface area (Å²) in [7, 11) is 0. The molecular weight excluding hydrogens is 232 g/mol. The number of halogens is 2. The Kier molecular flexibility index (Phi) is 3.60. The Morgan fingerprint density at radius 3 is 2.28 bits per heavy atom. The highest BCUT2D eigenvalue weighted by molar-refractivity contribution is 5.47. The maximum Gasteiger partial charge on any atom is 0.128 e. The summed E-state index contributed by atoms with van der Waals surface area (Å²) in [6.45, 7) is 3.67. The molecule has 0 spiro atoms. The molecule has 0 aliphatic rings. The molecule has 1 atom stereocenters. The van der Waals surface area contributed by atoms with Crippen molar-refractivity contribution in [3.63, 3.8) is 0 Å². The van der Waals surface area contributed by atoms with Crippen LogP contribution in [0.1, 0.15) is 24.1 Å². The zero-order chi connectivity index (χ0) is 13.1. The normalized spacial score (nSPS) is 12.2. The number of rotatable bonds is 3. The minimum atomic E-state index is -0.257. The molecule has 2 aromatic carbocycles. The van der Waals surface area contributed by atoms with Gasteiger partial charge in [-0.1, -0.05) is 18.2 Å². The van der Waals surface area contributed by atoms with Gasteiger partial charge in [0.1, 0.15) is 11.6 Å². The first-order valence-electron chi connectivity index (χ1n) is 5.84.